The average Bonchev–Trinajstić information content (AvgIpc) is 3.00. The number of ether oxygens (including phenoxy) is 1. The quantitative estimate of drug-likeness (QED) is 0.818. The summed E-state index contributed by atoms with van der Waals surface area (Å²) >= 11 is 0. The second kappa shape index (κ2) is 8.01. The molecule has 0 saturated carbocycles. The van der Waals surface area contributed by atoms with Gasteiger partial charge in [-0.2, -0.15) is 0 Å². The van der Waals surface area contributed by atoms with Crippen LogP contribution in [0.2, 0.25) is 0 Å². The van der Waals surface area contributed by atoms with E-state index < -0.39 is 5.97 Å². The Morgan fingerprint density at radius 2 is 1.96 bits per heavy atom. The molecule has 0 radical (unpaired) electrons. The first kappa shape index (κ1) is 18.6. The van der Waals surface area contributed by atoms with Crippen LogP contribution in [0.3, 0.4) is 0 Å². The molecule has 0 saturated heterocycles. The van der Waals surface area contributed by atoms with E-state index in [9.17, 15) is 9.59 Å². The molecule has 1 aliphatic heterocycles. The number of nitrogens with zero attached hydrogens (tertiary/aromatic N) is 2. The Labute approximate surface area is 157 Å². The molecule has 2 heterocycles. The highest BCUT2D eigenvalue weighted by Crippen LogP contribution is 2.36. The van der Waals surface area contributed by atoms with Crippen LogP contribution in [0, 0.1) is 0 Å². The standard InChI is InChI=1S/C20H21N3O4/c1-13-17(18(23(2)27-13)14-7-5-4-6-8-14)19(24)22-12-16-10-9-15(11-21-16)20(25)26-3/h4-11,18H,12H2,1-3H3,(H,22,24). The summed E-state index contributed by atoms with van der Waals surface area (Å²) in [5.41, 5.74) is 2.54. The maximum atomic E-state index is 12.8. The van der Waals surface area contributed by atoms with Crippen molar-refractivity contribution >= 4 is 11.9 Å². The summed E-state index contributed by atoms with van der Waals surface area (Å²) < 4.78 is 4.64. The maximum Gasteiger partial charge on any atom is 0.339 e. The number of nitrogens with one attached hydrogen (secondary N) is 1. The monoisotopic (exact) mass is 367 g/mol. The van der Waals surface area contributed by atoms with Crippen molar-refractivity contribution in [3.63, 3.8) is 0 Å². The van der Waals surface area contributed by atoms with Gasteiger partial charge in [0.2, 0.25) is 0 Å². The van der Waals surface area contributed by atoms with E-state index in [0.717, 1.165) is 5.56 Å². The van der Waals surface area contributed by atoms with Crippen molar-refractivity contribution in [2.75, 3.05) is 14.2 Å². The fourth-order valence-corrected chi connectivity index (χ4v) is 3.02. The van der Waals surface area contributed by atoms with Gasteiger partial charge in [0.15, 0.2) is 0 Å². The van der Waals surface area contributed by atoms with Crippen LogP contribution < -0.4 is 5.32 Å². The van der Waals surface area contributed by atoms with E-state index in [-0.39, 0.29) is 18.5 Å². The minimum atomic E-state index is -0.448. The Balaban J connectivity index is 1.71. The van der Waals surface area contributed by atoms with Crippen LogP contribution in [0.15, 0.2) is 60.0 Å². The molecule has 2 aromatic rings. The molecule has 0 fully saturated rings. The highest BCUT2D eigenvalue weighted by Gasteiger charge is 2.36. The minimum Gasteiger partial charge on any atom is -0.465 e. The molecule has 0 spiro atoms. The lowest BCUT2D eigenvalue weighted by Gasteiger charge is -2.20. The number of benzene rings is 1. The van der Waals surface area contributed by atoms with Crippen LogP contribution in [-0.2, 0) is 20.9 Å². The second-order valence-electron chi connectivity index (χ2n) is 6.13. The third-order valence-corrected chi connectivity index (χ3v) is 4.33. The van der Waals surface area contributed by atoms with E-state index in [0.29, 0.717) is 22.6 Å². The smallest absolute Gasteiger partial charge is 0.339 e. The molecule has 0 aliphatic carbocycles. The van der Waals surface area contributed by atoms with Gasteiger partial charge in [0, 0.05) is 13.2 Å². The molecule has 1 atom stereocenters. The molecule has 0 bridgehead atoms. The summed E-state index contributed by atoms with van der Waals surface area (Å²) in [6, 6.07) is 12.7. The van der Waals surface area contributed by atoms with Gasteiger partial charge < -0.3 is 14.9 Å². The number of pyridine rings is 1. The Hall–Kier alpha value is -3.19. The lowest BCUT2D eigenvalue weighted by atomic mass is 9.98. The summed E-state index contributed by atoms with van der Waals surface area (Å²) in [5.74, 6) is -0.0990. The number of esters is 1. The van der Waals surface area contributed by atoms with Crippen LogP contribution in [-0.4, -0.2) is 36.1 Å². The van der Waals surface area contributed by atoms with Gasteiger partial charge >= 0.3 is 5.97 Å². The fourth-order valence-electron chi connectivity index (χ4n) is 3.02. The van der Waals surface area contributed by atoms with E-state index in [4.69, 9.17) is 4.84 Å². The molecule has 1 N–H and O–H groups in total. The predicted molar refractivity (Wildman–Crippen MR) is 98.2 cm³/mol. The van der Waals surface area contributed by atoms with Crippen molar-refractivity contribution < 1.29 is 19.2 Å². The lowest BCUT2D eigenvalue weighted by molar-refractivity contribution is -0.119. The number of hydrogen-bond acceptors (Lipinski definition) is 6. The normalized spacial score (nSPS) is 16.8. The molecule has 1 unspecified atom stereocenters. The number of allylic oxidation sites excluding steroid dienone is 1. The van der Waals surface area contributed by atoms with Gasteiger partial charge in [0.05, 0.1) is 30.5 Å². The number of likely N-dealkylation sites (N-methyl/N-ethyl adjacent to an activating group) is 1. The van der Waals surface area contributed by atoms with Crippen molar-refractivity contribution in [2.45, 2.75) is 19.5 Å². The summed E-state index contributed by atoms with van der Waals surface area (Å²) in [6.07, 6.45) is 1.43. The molecule has 7 heteroatoms. The van der Waals surface area contributed by atoms with Gasteiger partial charge in [-0.15, -0.1) is 5.06 Å². The maximum absolute atomic E-state index is 12.8. The molecule has 3 rings (SSSR count). The predicted octanol–water partition coefficient (Wildman–Crippen LogP) is 2.38. The van der Waals surface area contributed by atoms with Crippen LogP contribution in [0.1, 0.15) is 34.6 Å². The molecule has 1 aromatic heterocycles. The number of aromatic nitrogens is 1. The van der Waals surface area contributed by atoms with Gasteiger partial charge in [0.1, 0.15) is 11.8 Å². The van der Waals surface area contributed by atoms with Crippen LogP contribution in [0.25, 0.3) is 0 Å². The Bertz CT molecular complexity index is 863. The number of amides is 1. The zero-order valence-corrected chi connectivity index (χ0v) is 15.4. The van der Waals surface area contributed by atoms with Gasteiger partial charge in [-0.1, -0.05) is 30.3 Å². The van der Waals surface area contributed by atoms with Crippen LogP contribution in [0.5, 0.6) is 0 Å². The summed E-state index contributed by atoms with van der Waals surface area (Å²) in [6.45, 7) is 2.01. The minimum absolute atomic E-state index is 0.218. The fraction of sp³-hybridized carbons (Fsp3) is 0.250. The van der Waals surface area contributed by atoms with E-state index in [2.05, 4.69) is 15.0 Å². The SMILES string of the molecule is COC(=O)c1ccc(CNC(=O)C2=C(C)ON(C)C2c2ccccc2)nc1. The van der Waals surface area contributed by atoms with Gasteiger partial charge in [-0.05, 0) is 24.6 Å². The topological polar surface area (TPSA) is 80.8 Å². The number of rotatable bonds is 5. The molecule has 1 amide bonds. The first-order valence-corrected chi connectivity index (χ1v) is 8.49. The van der Waals surface area contributed by atoms with Crippen LogP contribution in [0.4, 0.5) is 0 Å². The highest BCUT2D eigenvalue weighted by molar-refractivity contribution is 5.95. The first-order valence-electron chi connectivity index (χ1n) is 8.49. The van der Waals surface area contributed by atoms with Crippen molar-refractivity contribution in [1.82, 2.24) is 15.4 Å². The molecule has 27 heavy (non-hydrogen) atoms. The number of methoxy groups -OCH3 is 1. The average molecular weight is 367 g/mol. The number of carbonyl (C=O) groups is 2. The number of hydrogen-bond donors (Lipinski definition) is 1. The summed E-state index contributed by atoms with van der Waals surface area (Å²) in [4.78, 5) is 34.1. The van der Waals surface area contributed by atoms with E-state index in [1.165, 1.54) is 13.3 Å². The molecular formula is C20H21N3O4. The third-order valence-electron chi connectivity index (χ3n) is 4.33. The van der Waals surface area contributed by atoms with Crippen molar-refractivity contribution in [3.8, 4) is 0 Å². The third kappa shape index (κ3) is 3.98. The Kier molecular flexibility index (Phi) is 5.52. The molecular weight excluding hydrogens is 346 g/mol. The van der Waals surface area contributed by atoms with E-state index in [1.54, 1.807) is 31.2 Å². The van der Waals surface area contributed by atoms with E-state index >= 15 is 0 Å². The summed E-state index contributed by atoms with van der Waals surface area (Å²) in [5, 5.41) is 4.54. The zero-order valence-electron chi connectivity index (χ0n) is 15.4. The van der Waals surface area contributed by atoms with Crippen LogP contribution >= 0.6 is 0 Å². The summed E-state index contributed by atoms with van der Waals surface area (Å²) in [7, 11) is 3.12. The lowest BCUT2D eigenvalue weighted by Crippen LogP contribution is -2.30. The molecule has 1 aliphatic rings. The van der Waals surface area contributed by atoms with Crippen molar-refractivity contribution in [1.29, 1.82) is 0 Å². The zero-order chi connectivity index (χ0) is 19.4. The molecule has 140 valence electrons. The number of carbonyl (C=O) groups excluding carboxylic acids is 2. The first-order chi connectivity index (χ1) is 13.0. The van der Waals surface area contributed by atoms with Gasteiger partial charge in [0.25, 0.3) is 5.91 Å². The highest BCUT2D eigenvalue weighted by atomic mass is 16.7. The van der Waals surface area contributed by atoms with Gasteiger partial charge in [-0.3, -0.25) is 9.78 Å². The van der Waals surface area contributed by atoms with E-state index in [1.807, 2.05) is 30.3 Å². The molecule has 1 aromatic carbocycles. The second-order valence-corrected chi connectivity index (χ2v) is 6.13. The molecule has 7 nitrogen and oxygen atoms in total. The number of hydroxylamine groups is 2. The van der Waals surface area contributed by atoms with Gasteiger partial charge in [-0.25, -0.2) is 4.79 Å². The van der Waals surface area contributed by atoms with Crippen molar-refractivity contribution in [2.24, 2.45) is 0 Å². The Morgan fingerprint density at radius 1 is 1.22 bits per heavy atom. The van der Waals surface area contributed by atoms with Crippen molar-refractivity contribution in [3.05, 3.63) is 76.8 Å². The Morgan fingerprint density at radius 3 is 2.59 bits per heavy atom. The largest absolute Gasteiger partial charge is 0.465 e.